The van der Waals surface area contributed by atoms with Crippen molar-refractivity contribution in [1.29, 1.82) is 0 Å². The summed E-state index contributed by atoms with van der Waals surface area (Å²) >= 11 is 0. The molecule has 1 heteroatoms. The molecule has 0 amide bonds. The highest BCUT2D eigenvalue weighted by molar-refractivity contribution is 5.17. The molecule has 9 unspecified atom stereocenters. The SMILES string of the molecule is CCC1CCC2C3CC(C12)C1C3C2CCN1C2. The summed E-state index contributed by atoms with van der Waals surface area (Å²) in [6.07, 6.45) is 7.81. The van der Waals surface area contributed by atoms with E-state index in [4.69, 9.17) is 0 Å². The molecule has 17 heavy (non-hydrogen) atoms. The van der Waals surface area contributed by atoms with E-state index in [0.717, 1.165) is 35.6 Å². The summed E-state index contributed by atoms with van der Waals surface area (Å²) in [7, 11) is 0. The van der Waals surface area contributed by atoms with Crippen LogP contribution in [0, 0.1) is 41.4 Å². The summed E-state index contributed by atoms with van der Waals surface area (Å²) in [4.78, 5) is 2.90. The zero-order valence-corrected chi connectivity index (χ0v) is 11.0. The van der Waals surface area contributed by atoms with Gasteiger partial charge in [-0.1, -0.05) is 13.3 Å². The highest BCUT2D eigenvalue weighted by Crippen LogP contribution is 2.68. The average Bonchev–Trinajstić information content (AvgIpc) is 3.11. The second kappa shape index (κ2) is 3.10. The number of hydrogen-bond acceptors (Lipinski definition) is 1. The van der Waals surface area contributed by atoms with Gasteiger partial charge in [-0.15, -0.1) is 0 Å². The van der Waals surface area contributed by atoms with Crippen LogP contribution in [0.5, 0.6) is 0 Å². The first kappa shape index (κ1) is 9.83. The van der Waals surface area contributed by atoms with Crippen molar-refractivity contribution in [3.05, 3.63) is 0 Å². The predicted molar refractivity (Wildman–Crippen MR) is 68.6 cm³/mol. The highest BCUT2D eigenvalue weighted by atomic mass is 15.2. The molecular weight excluding hydrogens is 206 g/mol. The van der Waals surface area contributed by atoms with Gasteiger partial charge < -0.3 is 0 Å². The Morgan fingerprint density at radius 2 is 1.94 bits per heavy atom. The maximum Gasteiger partial charge on any atom is 0.0161 e. The summed E-state index contributed by atoms with van der Waals surface area (Å²) in [6.45, 7) is 5.37. The Bertz CT molecular complexity index is 347. The summed E-state index contributed by atoms with van der Waals surface area (Å²) in [5.74, 6) is 8.02. The Kier molecular flexibility index (Phi) is 1.79. The molecule has 3 saturated carbocycles. The lowest BCUT2D eigenvalue weighted by Gasteiger charge is -2.42. The molecule has 4 bridgehead atoms. The smallest absolute Gasteiger partial charge is 0.0161 e. The van der Waals surface area contributed by atoms with E-state index in [1.807, 2.05) is 0 Å². The molecule has 5 aliphatic rings. The number of piperidine rings is 1. The molecule has 2 saturated heterocycles. The van der Waals surface area contributed by atoms with Crippen molar-refractivity contribution < 1.29 is 0 Å². The molecule has 0 aromatic heterocycles. The third-order valence-corrected chi connectivity index (χ3v) is 7.57. The lowest BCUT2D eigenvalue weighted by atomic mass is 9.67. The molecule has 94 valence electrons. The van der Waals surface area contributed by atoms with Crippen LogP contribution in [0.3, 0.4) is 0 Å². The van der Waals surface area contributed by atoms with Crippen molar-refractivity contribution in [3.8, 4) is 0 Å². The second-order valence-electron chi connectivity index (χ2n) is 7.66. The Morgan fingerprint density at radius 3 is 2.82 bits per heavy atom. The lowest BCUT2D eigenvalue weighted by Crippen LogP contribution is -2.46. The summed E-state index contributed by atoms with van der Waals surface area (Å²) in [5.41, 5.74) is 0. The molecule has 1 nitrogen and oxygen atoms in total. The van der Waals surface area contributed by atoms with E-state index < -0.39 is 0 Å². The third kappa shape index (κ3) is 0.993. The van der Waals surface area contributed by atoms with Gasteiger partial charge in [0.1, 0.15) is 0 Å². The first-order valence-corrected chi connectivity index (χ1v) is 8.12. The monoisotopic (exact) mass is 231 g/mol. The summed E-state index contributed by atoms with van der Waals surface area (Å²) in [6, 6.07) is 1.06. The third-order valence-electron chi connectivity index (χ3n) is 7.57. The first-order chi connectivity index (χ1) is 8.38. The van der Waals surface area contributed by atoms with Crippen LogP contribution in [0.15, 0.2) is 0 Å². The zero-order valence-electron chi connectivity index (χ0n) is 11.0. The normalized spacial score (nSPS) is 66.5. The zero-order chi connectivity index (χ0) is 11.1. The van der Waals surface area contributed by atoms with Crippen molar-refractivity contribution in [2.24, 2.45) is 41.4 Å². The Balaban J connectivity index is 1.53. The van der Waals surface area contributed by atoms with Crippen molar-refractivity contribution >= 4 is 0 Å². The number of rotatable bonds is 1. The largest absolute Gasteiger partial charge is 0.300 e. The van der Waals surface area contributed by atoms with Gasteiger partial charge in [0.25, 0.3) is 0 Å². The van der Waals surface area contributed by atoms with E-state index in [1.54, 1.807) is 25.7 Å². The molecular formula is C16H25N. The second-order valence-corrected chi connectivity index (χ2v) is 7.66. The molecule has 0 N–H and O–H groups in total. The fourth-order valence-corrected chi connectivity index (χ4v) is 7.32. The van der Waals surface area contributed by atoms with E-state index in [-0.39, 0.29) is 0 Å². The van der Waals surface area contributed by atoms with Crippen molar-refractivity contribution in [2.45, 2.75) is 45.1 Å². The van der Waals surface area contributed by atoms with E-state index in [0.29, 0.717) is 0 Å². The molecule has 9 atom stereocenters. The molecule has 5 rings (SSSR count). The Morgan fingerprint density at radius 1 is 1.00 bits per heavy atom. The molecule has 5 fully saturated rings. The molecule has 0 spiro atoms. The van der Waals surface area contributed by atoms with E-state index >= 15 is 0 Å². The Hall–Kier alpha value is -0.0400. The van der Waals surface area contributed by atoms with Gasteiger partial charge in [0.05, 0.1) is 0 Å². The van der Waals surface area contributed by atoms with E-state index in [9.17, 15) is 0 Å². The minimum absolute atomic E-state index is 1.06. The van der Waals surface area contributed by atoms with Crippen LogP contribution in [-0.4, -0.2) is 24.0 Å². The topological polar surface area (TPSA) is 3.24 Å². The number of hydrogen-bond donors (Lipinski definition) is 0. The van der Waals surface area contributed by atoms with Crippen LogP contribution < -0.4 is 0 Å². The van der Waals surface area contributed by atoms with Crippen molar-refractivity contribution in [1.82, 2.24) is 4.90 Å². The van der Waals surface area contributed by atoms with E-state index in [2.05, 4.69) is 11.8 Å². The van der Waals surface area contributed by atoms with Crippen LogP contribution in [0.1, 0.15) is 39.0 Å². The predicted octanol–water partition coefficient (Wildman–Crippen LogP) is 3.01. The van der Waals surface area contributed by atoms with Gasteiger partial charge in [0.15, 0.2) is 0 Å². The molecule has 2 aliphatic heterocycles. The summed E-state index contributed by atoms with van der Waals surface area (Å²) < 4.78 is 0. The summed E-state index contributed by atoms with van der Waals surface area (Å²) in [5, 5.41) is 0. The number of nitrogens with zero attached hydrogens (tertiary/aromatic N) is 1. The Labute approximate surface area is 105 Å². The van der Waals surface area contributed by atoms with Crippen molar-refractivity contribution in [2.75, 3.05) is 13.1 Å². The lowest BCUT2D eigenvalue weighted by molar-refractivity contribution is 0.0579. The average molecular weight is 231 g/mol. The van der Waals surface area contributed by atoms with Gasteiger partial charge in [-0.25, -0.2) is 0 Å². The molecule has 2 heterocycles. The molecule has 0 aromatic carbocycles. The van der Waals surface area contributed by atoms with Gasteiger partial charge >= 0.3 is 0 Å². The van der Waals surface area contributed by atoms with Gasteiger partial charge in [-0.05, 0) is 73.7 Å². The first-order valence-electron chi connectivity index (χ1n) is 8.12. The van der Waals surface area contributed by atoms with Gasteiger partial charge in [0, 0.05) is 12.6 Å². The molecule has 0 aromatic rings. The van der Waals surface area contributed by atoms with Crippen LogP contribution in [0.4, 0.5) is 0 Å². The standard InChI is InChI=1S/C16H25N/c1-2-9-3-4-11-12-7-13(14(9)11)16-15(12)10-5-6-17(16)8-10/h9-16H,2-8H2,1H3. The maximum absolute atomic E-state index is 2.90. The minimum atomic E-state index is 1.06. The van der Waals surface area contributed by atoms with Gasteiger partial charge in [-0.3, -0.25) is 4.90 Å². The fourth-order valence-electron chi connectivity index (χ4n) is 7.32. The van der Waals surface area contributed by atoms with Gasteiger partial charge in [-0.2, -0.15) is 0 Å². The molecule has 0 radical (unpaired) electrons. The maximum atomic E-state index is 2.90. The van der Waals surface area contributed by atoms with Crippen LogP contribution in [-0.2, 0) is 0 Å². The fraction of sp³-hybridized carbons (Fsp3) is 1.00. The highest BCUT2D eigenvalue weighted by Gasteiger charge is 2.66. The molecule has 3 aliphatic carbocycles. The van der Waals surface area contributed by atoms with Crippen LogP contribution in [0.2, 0.25) is 0 Å². The van der Waals surface area contributed by atoms with E-state index in [1.165, 1.54) is 31.3 Å². The van der Waals surface area contributed by atoms with Crippen LogP contribution >= 0.6 is 0 Å². The quantitative estimate of drug-likeness (QED) is 0.670. The van der Waals surface area contributed by atoms with Crippen molar-refractivity contribution in [3.63, 3.8) is 0 Å². The van der Waals surface area contributed by atoms with Crippen LogP contribution in [0.25, 0.3) is 0 Å². The van der Waals surface area contributed by atoms with Gasteiger partial charge in [0.2, 0.25) is 0 Å². The minimum Gasteiger partial charge on any atom is -0.300 e. The number of fused-ring (bicyclic) bond motifs is 12.